The largest absolute Gasteiger partial charge is 0.384 e. The molecule has 0 radical (unpaired) electrons. The van der Waals surface area contributed by atoms with Crippen LogP contribution in [0.2, 0.25) is 0 Å². The van der Waals surface area contributed by atoms with E-state index in [1.165, 1.54) is 19.3 Å². The van der Waals surface area contributed by atoms with Crippen LogP contribution < -0.4 is 5.73 Å². The molecule has 2 aliphatic rings. The molecule has 6 nitrogen and oxygen atoms in total. The Morgan fingerprint density at radius 2 is 2.19 bits per heavy atom. The third kappa shape index (κ3) is 2.51. The summed E-state index contributed by atoms with van der Waals surface area (Å²) in [5, 5.41) is 9.85. The van der Waals surface area contributed by atoms with Gasteiger partial charge >= 0.3 is 12.0 Å². The number of ether oxygens (including phenoxy) is 1. The van der Waals surface area contributed by atoms with Gasteiger partial charge in [0.1, 0.15) is 12.3 Å². The summed E-state index contributed by atoms with van der Waals surface area (Å²) in [5.41, 5.74) is 5.64. The zero-order chi connectivity index (χ0) is 15.9. The van der Waals surface area contributed by atoms with Gasteiger partial charge in [0, 0.05) is 13.2 Å². The Labute approximate surface area is 122 Å². The molecule has 2 amide bonds. The normalized spacial score (nSPS) is 37.2. The number of carbonyl (C=O) groups is 1. The highest BCUT2D eigenvalue weighted by Gasteiger charge is 2.62. The topological polar surface area (TPSA) is 79.0 Å². The summed E-state index contributed by atoms with van der Waals surface area (Å²) in [6, 6.07) is -0.688. The lowest BCUT2D eigenvalue weighted by atomic mass is 9.96. The molecule has 0 saturated carbocycles. The molecule has 21 heavy (non-hydrogen) atoms. The van der Waals surface area contributed by atoms with E-state index in [1.54, 1.807) is 6.92 Å². The SMILES string of the molecule is CCC(C)C1OC(N2C=CC(N)N(C)C2=O)C(F)(F)C1O. The fourth-order valence-electron chi connectivity index (χ4n) is 2.47. The number of rotatable bonds is 3. The van der Waals surface area contributed by atoms with Crippen molar-refractivity contribution < 1.29 is 23.4 Å². The standard InChI is InChI=1S/C13H21F2N3O3/c1-4-7(2)9-10(19)13(14,15)11(21-9)18-6-5-8(16)17(3)12(18)20/h5-11,19H,4,16H2,1-3H3. The molecule has 1 fully saturated rings. The Kier molecular flexibility index (Phi) is 4.23. The molecule has 5 unspecified atom stereocenters. The molecule has 3 N–H and O–H groups in total. The van der Waals surface area contributed by atoms with Crippen molar-refractivity contribution in [3.8, 4) is 0 Å². The molecular weight excluding hydrogens is 284 g/mol. The van der Waals surface area contributed by atoms with Gasteiger partial charge in [-0.3, -0.25) is 4.90 Å². The fourth-order valence-corrected chi connectivity index (χ4v) is 2.47. The van der Waals surface area contributed by atoms with E-state index in [0.29, 0.717) is 6.42 Å². The number of hydrogen-bond acceptors (Lipinski definition) is 4. The van der Waals surface area contributed by atoms with E-state index in [9.17, 15) is 18.7 Å². The van der Waals surface area contributed by atoms with E-state index in [4.69, 9.17) is 10.5 Å². The second-order valence-electron chi connectivity index (χ2n) is 5.59. The van der Waals surface area contributed by atoms with Crippen LogP contribution in [-0.4, -0.2) is 58.5 Å². The predicted octanol–water partition coefficient (Wildman–Crippen LogP) is 0.920. The number of nitrogens with zero attached hydrogens (tertiary/aromatic N) is 2. The Morgan fingerprint density at radius 1 is 1.57 bits per heavy atom. The van der Waals surface area contributed by atoms with Crippen LogP contribution in [0, 0.1) is 5.92 Å². The number of amides is 2. The number of alkyl halides is 2. The summed E-state index contributed by atoms with van der Waals surface area (Å²) in [5.74, 6) is -3.80. The number of likely N-dealkylation sites (N-methyl/N-ethyl adjacent to an activating group) is 1. The molecule has 120 valence electrons. The van der Waals surface area contributed by atoms with Crippen molar-refractivity contribution in [1.82, 2.24) is 9.80 Å². The fraction of sp³-hybridized carbons (Fsp3) is 0.769. The first-order chi connectivity index (χ1) is 9.71. The van der Waals surface area contributed by atoms with Crippen LogP contribution in [0.3, 0.4) is 0 Å². The minimum atomic E-state index is -3.55. The average Bonchev–Trinajstić information content (AvgIpc) is 2.68. The van der Waals surface area contributed by atoms with Crippen molar-refractivity contribution in [2.75, 3.05) is 7.05 Å². The second kappa shape index (κ2) is 5.51. The first kappa shape index (κ1) is 16.1. The van der Waals surface area contributed by atoms with E-state index in [1.807, 2.05) is 6.92 Å². The zero-order valence-corrected chi connectivity index (χ0v) is 12.2. The number of aliphatic hydroxyl groups is 1. The Balaban J connectivity index is 2.27. The van der Waals surface area contributed by atoms with Crippen molar-refractivity contribution in [2.45, 2.75) is 50.8 Å². The molecule has 5 atom stereocenters. The Bertz CT molecular complexity index is 446. The summed E-state index contributed by atoms with van der Waals surface area (Å²) in [6.07, 6.45) is -2.26. The number of carbonyl (C=O) groups excluding carboxylic acids is 1. The summed E-state index contributed by atoms with van der Waals surface area (Å²) < 4.78 is 33.9. The zero-order valence-electron chi connectivity index (χ0n) is 12.2. The molecule has 0 aromatic rings. The van der Waals surface area contributed by atoms with E-state index >= 15 is 0 Å². The van der Waals surface area contributed by atoms with Crippen LogP contribution in [0.1, 0.15) is 20.3 Å². The lowest BCUT2D eigenvalue weighted by Crippen LogP contribution is -2.57. The van der Waals surface area contributed by atoms with Crippen molar-refractivity contribution in [1.29, 1.82) is 0 Å². The summed E-state index contributed by atoms with van der Waals surface area (Å²) in [7, 11) is 1.42. The van der Waals surface area contributed by atoms with Gasteiger partial charge in [-0.05, 0) is 12.0 Å². The molecule has 0 aliphatic carbocycles. The molecular formula is C13H21F2N3O3. The van der Waals surface area contributed by atoms with Crippen LogP contribution in [0.15, 0.2) is 12.3 Å². The predicted molar refractivity (Wildman–Crippen MR) is 71.2 cm³/mol. The van der Waals surface area contributed by atoms with Crippen LogP contribution >= 0.6 is 0 Å². The summed E-state index contributed by atoms with van der Waals surface area (Å²) in [6.45, 7) is 3.55. The molecule has 2 rings (SSSR count). The first-order valence-corrected chi connectivity index (χ1v) is 6.92. The van der Waals surface area contributed by atoms with Gasteiger partial charge < -0.3 is 20.5 Å². The monoisotopic (exact) mass is 305 g/mol. The minimum absolute atomic E-state index is 0.250. The van der Waals surface area contributed by atoms with Crippen LogP contribution in [0.4, 0.5) is 13.6 Å². The number of urea groups is 1. The number of aliphatic hydroxyl groups excluding tert-OH is 1. The smallest absolute Gasteiger partial charge is 0.327 e. The van der Waals surface area contributed by atoms with Crippen molar-refractivity contribution >= 4 is 6.03 Å². The quantitative estimate of drug-likeness (QED) is 0.812. The van der Waals surface area contributed by atoms with E-state index in [-0.39, 0.29) is 5.92 Å². The van der Waals surface area contributed by atoms with E-state index < -0.39 is 36.6 Å². The average molecular weight is 305 g/mol. The second-order valence-corrected chi connectivity index (χ2v) is 5.59. The van der Waals surface area contributed by atoms with Gasteiger partial charge in [-0.1, -0.05) is 20.3 Å². The highest BCUT2D eigenvalue weighted by atomic mass is 19.3. The molecule has 0 aromatic heterocycles. The molecule has 2 aliphatic heterocycles. The Morgan fingerprint density at radius 3 is 2.76 bits per heavy atom. The van der Waals surface area contributed by atoms with Gasteiger partial charge in [0.2, 0.25) is 6.23 Å². The number of nitrogens with two attached hydrogens (primary N) is 1. The van der Waals surface area contributed by atoms with Gasteiger partial charge in [0.15, 0.2) is 0 Å². The maximum atomic E-state index is 14.3. The molecule has 1 saturated heterocycles. The van der Waals surface area contributed by atoms with Gasteiger partial charge in [0.25, 0.3) is 0 Å². The lowest BCUT2D eigenvalue weighted by molar-refractivity contribution is -0.147. The van der Waals surface area contributed by atoms with Gasteiger partial charge in [-0.15, -0.1) is 0 Å². The maximum Gasteiger partial charge on any atom is 0.327 e. The van der Waals surface area contributed by atoms with Crippen molar-refractivity contribution in [3.63, 3.8) is 0 Å². The van der Waals surface area contributed by atoms with Crippen LogP contribution in [-0.2, 0) is 4.74 Å². The van der Waals surface area contributed by atoms with Crippen LogP contribution in [0.25, 0.3) is 0 Å². The van der Waals surface area contributed by atoms with E-state index in [0.717, 1.165) is 9.80 Å². The van der Waals surface area contributed by atoms with Crippen LogP contribution in [0.5, 0.6) is 0 Å². The van der Waals surface area contributed by atoms with E-state index in [2.05, 4.69) is 0 Å². The highest BCUT2D eigenvalue weighted by molar-refractivity contribution is 5.77. The highest BCUT2D eigenvalue weighted by Crippen LogP contribution is 2.41. The number of hydrogen-bond donors (Lipinski definition) is 2. The maximum absolute atomic E-state index is 14.3. The molecule has 0 spiro atoms. The van der Waals surface area contributed by atoms with Crippen molar-refractivity contribution in [3.05, 3.63) is 12.3 Å². The van der Waals surface area contributed by atoms with Crippen molar-refractivity contribution in [2.24, 2.45) is 11.7 Å². The summed E-state index contributed by atoms with van der Waals surface area (Å²) in [4.78, 5) is 14.0. The third-order valence-electron chi connectivity index (χ3n) is 4.19. The van der Waals surface area contributed by atoms with Gasteiger partial charge in [0.05, 0.1) is 6.10 Å². The Hall–Kier alpha value is -1.25. The third-order valence-corrected chi connectivity index (χ3v) is 4.19. The first-order valence-electron chi connectivity index (χ1n) is 6.92. The molecule has 8 heteroatoms. The number of halogens is 2. The molecule has 0 aromatic carbocycles. The lowest BCUT2D eigenvalue weighted by Gasteiger charge is -2.37. The molecule has 0 bridgehead atoms. The molecule has 2 heterocycles. The van der Waals surface area contributed by atoms with Gasteiger partial charge in [-0.25, -0.2) is 4.79 Å². The van der Waals surface area contributed by atoms with Gasteiger partial charge in [-0.2, -0.15) is 8.78 Å². The summed E-state index contributed by atoms with van der Waals surface area (Å²) >= 11 is 0. The minimum Gasteiger partial charge on any atom is -0.384 e.